The molecule has 320 valence electrons. The van der Waals surface area contributed by atoms with Crippen LogP contribution in [0.1, 0.15) is 20.7 Å². The smallest absolute Gasteiger partial charge is 0.203 e. The first-order chi connectivity index (χ1) is 30.6. The minimum atomic E-state index is -1.29. The van der Waals surface area contributed by atoms with Gasteiger partial charge in [-0.1, -0.05) is 12.1 Å². The van der Waals surface area contributed by atoms with Crippen molar-refractivity contribution in [2.45, 2.75) is 0 Å². The van der Waals surface area contributed by atoms with E-state index in [1.54, 1.807) is 24.3 Å². The highest BCUT2D eigenvalue weighted by molar-refractivity contribution is 7.78. The van der Waals surface area contributed by atoms with Gasteiger partial charge >= 0.3 is 0 Å². The van der Waals surface area contributed by atoms with E-state index in [-0.39, 0.29) is 11.1 Å². The first kappa shape index (κ1) is 44.5. The molecule has 0 aromatic heterocycles. The van der Waals surface area contributed by atoms with Crippen LogP contribution in [0.5, 0.6) is 0 Å². The monoisotopic (exact) mass is 886 g/mol. The van der Waals surface area contributed by atoms with Crippen molar-refractivity contribution in [2.24, 2.45) is 9.98 Å². The number of carbonyl (C=O) groups excluding carboxylic acids is 2. The molecule has 64 heavy (non-hydrogen) atoms. The van der Waals surface area contributed by atoms with Gasteiger partial charge in [0.1, 0.15) is 50.9 Å². The quantitative estimate of drug-likeness (QED) is 0.0692. The highest BCUT2D eigenvalue weighted by Crippen LogP contribution is 2.44. The molecule has 2 heterocycles. The Labute approximate surface area is 379 Å². The largest absolute Gasteiger partial charge is 0.545 e. The lowest BCUT2D eigenvalue weighted by Crippen LogP contribution is -2.23. The molecule has 2 aliphatic carbocycles. The van der Waals surface area contributed by atoms with E-state index in [4.69, 9.17) is 21.1 Å². The average Bonchev–Trinajstić information content (AvgIpc) is 3.26. The van der Waals surface area contributed by atoms with Gasteiger partial charge in [-0.05, 0) is 96.2 Å². The zero-order chi connectivity index (χ0) is 46.0. The molecule has 4 aromatic rings. The molecule has 0 atom stereocenters. The van der Waals surface area contributed by atoms with Gasteiger partial charge in [0.25, 0.3) is 0 Å². The Bertz CT molecular complexity index is 3370. The van der Waals surface area contributed by atoms with Gasteiger partial charge in [-0.3, -0.25) is 0 Å². The highest BCUT2D eigenvalue weighted by Gasteiger charge is 2.23. The lowest BCUT2D eigenvalue weighted by molar-refractivity contribution is -0.256. The van der Waals surface area contributed by atoms with E-state index in [9.17, 15) is 19.8 Å². The first-order valence-electron chi connectivity index (χ1n) is 19.8. The molecule has 0 fully saturated rings. The topological polar surface area (TPSA) is 144 Å². The fourth-order valence-electron chi connectivity index (χ4n) is 7.51. The van der Waals surface area contributed by atoms with Crippen molar-refractivity contribution in [3.05, 3.63) is 131 Å². The molecular weight excluding hydrogens is 845 g/mol. The third-order valence-electron chi connectivity index (χ3n) is 10.8. The Balaban J connectivity index is 0.000000191. The van der Waals surface area contributed by atoms with E-state index in [1.165, 1.54) is 12.1 Å². The number of isothiocyanates is 2. The number of fused-ring (bicyclic) bond motifs is 4. The molecule has 0 spiro atoms. The van der Waals surface area contributed by atoms with Crippen molar-refractivity contribution >= 4 is 91.4 Å². The maximum absolute atomic E-state index is 12.1. The maximum Gasteiger partial charge on any atom is 0.203 e. The molecule has 0 bridgehead atoms. The molecule has 0 amide bonds. The van der Waals surface area contributed by atoms with Crippen molar-refractivity contribution < 1.29 is 28.6 Å². The van der Waals surface area contributed by atoms with Crippen molar-refractivity contribution in [1.82, 2.24) is 9.15 Å². The third kappa shape index (κ3) is 8.85. The number of hydrogen-bond donors (Lipinski definition) is 0. The minimum absolute atomic E-state index is 0.0265. The summed E-state index contributed by atoms with van der Waals surface area (Å²) < 4.78 is 16.6. The lowest BCUT2D eigenvalue weighted by atomic mass is 9.90. The predicted octanol–water partition coefficient (Wildman–Crippen LogP) is 6.80. The van der Waals surface area contributed by atoms with E-state index < -0.39 is 11.9 Å². The fourth-order valence-corrected chi connectivity index (χ4v) is 7.72. The zero-order valence-corrected chi connectivity index (χ0v) is 38.0. The molecule has 0 radical (unpaired) electrons. The number of aliphatic imine (C=N–C) groups is 2. The average molecular weight is 887 g/mol. The number of nitrogens with zero attached hydrogens (tertiary/aromatic N) is 6. The summed E-state index contributed by atoms with van der Waals surface area (Å²) in [5.41, 5.74) is 8.32. The normalized spacial score (nSPS) is 10.8. The zero-order valence-electron chi connectivity index (χ0n) is 36.3. The van der Waals surface area contributed by atoms with Gasteiger partial charge < -0.3 is 38.4 Å². The Morgan fingerprint density at radius 1 is 0.531 bits per heavy atom. The second-order valence-corrected chi connectivity index (χ2v) is 16.1. The van der Waals surface area contributed by atoms with Gasteiger partial charge in [0.15, 0.2) is 0 Å². The van der Waals surface area contributed by atoms with Crippen LogP contribution in [0.2, 0.25) is 0 Å². The number of carboxylic acids is 2. The molecular formula is C50H42N6O6S2. The van der Waals surface area contributed by atoms with Crippen LogP contribution >= 0.6 is 24.4 Å². The van der Waals surface area contributed by atoms with Gasteiger partial charge in [0.2, 0.25) is 10.7 Å². The van der Waals surface area contributed by atoms with Crippen molar-refractivity contribution in [3.63, 3.8) is 0 Å². The lowest BCUT2D eigenvalue weighted by Gasteiger charge is -2.20. The summed E-state index contributed by atoms with van der Waals surface area (Å²) in [5.74, 6) is -1.27. The molecule has 2 aliphatic heterocycles. The molecule has 12 nitrogen and oxygen atoms in total. The highest BCUT2D eigenvalue weighted by atomic mass is 32.1. The van der Waals surface area contributed by atoms with Gasteiger partial charge in [-0.25, -0.2) is 9.15 Å². The number of carboxylic acid groups (broad SMARTS) is 2. The van der Waals surface area contributed by atoms with Gasteiger partial charge in [-0.15, -0.1) is 0 Å². The van der Waals surface area contributed by atoms with Crippen LogP contribution in [0, 0.1) is 0 Å². The van der Waals surface area contributed by atoms with Gasteiger partial charge in [0, 0.05) is 108 Å². The number of carbonyl (C=O) groups is 2. The van der Waals surface area contributed by atoms with Crippen LogP contribution in [0.25, 0.3) is 66.8 Å². The van der Waals surface area contributed by atoms with Crippen molar-refractivity contribution in [3.8, 4) is 44.9 Å². The standard InChI is InChI=1S/2C25H21N3O3S/c1-27(2)16-6-9-19-22(12-16)31-23-13-17(28(3)4)7-10-20(23)24(19)21-11-15(26-14-32)5-8-18(21)25(29)30;1-27(2)16-6-9-19-22(12-16)31-23-13-17(28(3)4)7-10-20(23)24(19)18-8-5-15(26-14-32)11-21(18)25(29)30/h2*5-13H,1-4H3. The summed E-state index contributed by atoms with van der Waals surface area (Å²) in [7, 11) is 15.6. The number of thiocarbonyl (C=S) groups is 2. The summed E-state index contributed by atoms with van der Waals surface area (Å²) in [5, 5.41) is 32.2. The van der Waals surface area contributed by atoms with Crippen molar-refractivity contribution in [1.29, 1.82) is 0 Å². The summed E-state index contributed by atoms with van der Waals surface area (Å²) >= 11 is 9.40. The number of aromatic carboxylic acids is 2. The minimum Gasteiger partial charge on any atom is -0.545 e. The molecule has 0 saturated carbocycles. The molecule has 4 aromatic carbocycles. The number of anilines is 2. The SMILES string of the molecule is CN(C)c1ccc2c(-c3cc(N=C=S)ccc3C(=O)[O-])c3ccc(=[N+](C)C)cc-3oc2c1.CN(C)c1ccc2c(-c3ccc(N=C=S)cc3C(=O)[O-])c3ccc(=[N+](C)C)cc-3oc2c1. The van der Waals surface area contributed by atoms with Gasteiger partial charge in [-0.2, -0.15) is 9.98 Å². The van der Waals surface area contributed by atoms with Crippen LogP contribution < -0.4 is 39.9 Å². The van der Waals surface area contributed by atoms with Crippen LogP contribution in [-0.2, 0) is 0 Å². The Kier molecular flexibility index (Phi) is 12.8. The number of benzene rings is 6. The van der Waals surface area contributed by atoms with Crippen LogP contribution in [0.4, 0.5) is 22.7 Å². The molecule has 8 rings (SSSR count). The van der Waals surface area contributed by atoms with Crippen molar-refractivity contribution in [2.75, 3.05) is 66.2 Å². The second-order valence-electron chi connectivity index (χ2n) is 15.7. The third-order valence-corrected chi connectivity index (χ3v) is 11.0. The Hall–Kier alpha value is -7.60. The van der Waals surface area contributed by atoms with Crippen LogP contribution in [0.3, 0.4) is 0 Å². The molecule has 0 unspecified atom stereocenters. The molecule has 14 heteroatoms. The number of rotatable bonds is 8. The Morgan fingerprint density at radius 3 is 1.41 bits per heavy atom. The van der Waals surface area contributed by atoms with Gasteiger partial charge in [0.05, 0.1) is 45.8 Å². The van der Waals surface area contributed by atoms with E-state index in [0.29, 0.717) is 45.2 Å². The molecule has 0 N–H and O–H groups in total. The van der Waals surface area contributed by atoms with E-state index >= 15 is 0 Å². The van der Waals surface area contributed by atoms with E-state index in [1.807, 2.05) is 148 Å². The van der Waals surface area contributed by atoms with Crippen LogP contribution in [-0.4, -0.2) is 78.6 Å². The second kappa shape index (κ2) is 18.4. The molecule has 0 saturated heterocycles. The Morgan fingerprint density at radius 2 is 0.969 bits per heavy atom. The maximum atomic E-state index is 12.1. The predicted molar refractivity (Wildman–Crippen MR) is 257 cm³/mol. The summed E-state index contributed by atoms with van der Waals surface area (Å²) in [6.07, 6.45) is 0. The van der Waals surface area contributed by atoms with E-state index in [0.717, 1.165) is 55.1 Å². The molecule has 4 aliphatic rings. The fraction of sp³-hybridized carbons (Fsp3) is 0.160. The first-order valence-corrected chi connectivity index (χ1v) is 20.7. The summed E-state index contributed by atoms with van der Waals surface area (Å²) in [6, 6.07) is 33.1. The summed E-state index contributed by atoms with van der Waals surface area (Å²) in [4.78, 5) is 36.0. The van der Waals surface area contributed by atoms with Crippen LogP contribution in [0.15, 0.2) is 128 Å². The van der Waals surface area contributed by atoms with E-state index in [2.05, 4.69) is 32.5 Å². The summed E-state index contributed by atoms with van der Waals surface area (Å²) in [6.45, 7) is 0. The number of hydrogen-bond acceptors (Lipinski definition) is 12.